The van der Waals surface area contributed by atoms with E-state index >= 15 is 0 Å². The lowest BCUT2D eigenvalue weighted by Gasteiger charge is -2.15. The Labute approximate surface area is 200 Å². The second kappa shape index (κ2) is 10.8. The minimum atomic E-state index is -0.514. The van der Waals surface area contributed by atoms with Gasteiger partial charge >= 0.3 is 11.9 Å². The van der Waals surface area contributed by atoms with Gasteiger partial charge in [0.25, 0.3) is 0 Å². The summed E-state index contributed by atoms with van der Waals surface area (Å²) < 4.78 is 12.2. The molecular formula is C28H31N2O4+. The fourth-order valence-corrected chi connectivity index (χ4v) is 3.89. The first-order valence-electron chi connectivity index (χ1n) is 11.1. The van der Waals surface area contributed by atoms with Crippen molar-refractivity contribution in [3.8, 4) is 0 Å². The van der Waals surface area contributed by atoms with Crippen LogP contribution in [-0.4, -0.2) is 42.5 Å². The number of esters is 2. The zero-order valence-electron chi connectivity index (χ0n) is 20.1. The van der Waals surface area contributed by atoms with E-state index in [4.69, 9.17) is 9.47 Å². The normalized spacial score (nSPS) is 14.4. The highest BCUT2D eigenvalue weighted by molar-refractivity contribution is 6.03. The molecule has 34 heavy (non-hydrogen) atoms. The molecule has 2 aromatic carbocycles. The monoisotopic (exact) mass is 459 g/mol. The van der Waals surface area contributed by atoms with Crippen LogP contribution in [0.25, 0.3) is 6.08 Å². The molecule has 0 amide bonds. The molecule has 3 rings (SSSR count). The summed E-state index contributed by atoms with van der Waals surface area (Å²) >= 11 is 0. The van der Waals surface area contributed by atoms with Gasteiger partial charge in [-0.1, -0.05) is 43.0 Å². The first-order valence-corrected chi connectivity index (χ1v) is 11.1. The van der Waals surface area contributed by atoms with Gasteiger partial charge in [-0.25, -0.2) is 9.59 Å². The van der Waals surface area contributed by atoms with Gasteiger partial charge in [0.1, 0.15) is 20.3 Å². The van der Waals surface area contributed by atoms with Crippen LogP contribution in [0, 0.1) is 0 Å². The van der Waals surface area contributed by atoms with Gasteiger partial charge in [0, 0.05) is 41.2 Å². The first kappa shape index (κ1) is 24.7. The summed E-state index contributed by atoms with van der Waals surface area (Å²) in [5, 5.41) is 3.33. The van der Waals surface area contributed by atoms with Gasteiger partial charge in [-0.2, -0.15) is 4.58 Å². The molecule has 0 saturated heterocycles. The third-order valence-electron chi connectivity index (χ3n) is 5.69. The van der Waals surface area contributed by atoms with Crippen LogP contribution in [0.15, 0.2) is 79.0 Å². The van der Waals surface area contributed by atoms with Crippen molar-refractivity contribution in [2.75, 3.05) is 25.6 Å². The van der Waals surface area contributed by atoms with E-state index in [-0.39, 0.29) is 18.6 Å². The third-order valence-corrected chi connectivity index (χ3v) is 5.69. The van der Waals surface area contributed by atoms with Crippen LogP contribution in [0.4, 0.5) is 11.4 Å². The second-order valence-corrected chi connectivity index (χ2v) is 8.57. The van der Waals surface area contributed by atoms with Crippen molar-refractivity contribution in [1.29, 1.82) is 0 Å². The van der Waals surface area contributed by atoms with E-state index < -0.39 is 11.9 Å². The number of allylic oxidation sites excluding steroid dienone is 1. The van der Waals surface area contributed by atoms with Crippen molar-refractivity contribution < 1.29 is 23.6 Å². The molecule has 1 heterocycles. The molecule has 0 atom stereocenters. The quantitative estimate of drug-likeness (QED) is 0.248. The summed E-state index contributed by atoms with van der Waals surface area (Å²) in [7, 11) is 2.08. The number of carbonyl (C=O) groups excluding carboxylic acids is 2. The molecule has 0 spiro atoms. The average molecular weight is 460 g/mol. The van der Waals surface area contributed by atoms with Crippen molar-refractivity contribution in [3.63, 3.8) is 0 Å². The number of benzene rings is 2. The highest BCUT2D eigenvalue weighted by atomic mass is 16.6. The number of rotatable bonds is 9. The molecule has 1 N–H and O–H groups in total. The molecule has 6 nitrogen and oxygen atoms in total. The fourth-order valence-electron chi connectivity index (χ4n) is 3.89. The van der Waals surface area contributed by atoms with Gasteiger partial charge in [-0.15, -0.1) is 0 Å². The second-order valence-electron chi connectivity index (χ2n) is 8.57. The zero-order chi connectivity index (χ0) is 24.7. The van der Waals surface area contributed by atoms with E-state index in [1.54, 1.807) is 13.0 Å². The van der Waals surface area contributed by atoms with E-state index in [0.29, 0.717) is 5.57 Å². The minimum Gasteiger partial charge on any atom is -0.459 e. The molecular weight excluding hydrogens is 428 g/mol. The number of hydrogen-bond acceptors (Lipinski definition) is 5. The molecule has 0 aromatic heterocycles. The highest BCUT2D eigenvalue weighted by Gasteiger charge is 2.42. The van der Waals surface area contributed by atoms with Gasteiger partial charge in [0.15, 0.2) is 5.71 Å². The average Bonchev–Trinajstić information content (AvgIpc) is 3.01. The summed E-state index contributed by atoms with van der Waals surface area (Å²) in [5.74, 6) is -1.02. The molecule has 2 aromatic rings. The van der Waals surface area contributed by atoms with Crippen molar-refractivity contribution in [3.05, 3.63) is 90.2 Å². The SMILES string of the molecule is C=C(C)C(=O)OCCOC(=O)/C=C/c1ccccc1N/C=C/C1=[N+](C)c2ccccc2C1(C)C. The summed E-state index contributed by atoms with van der Waals surface area (Å²) in [4.78, 5) is 23.3. The number of nitrogens with zero attached hydrogens (tertiary/aromatic N) is 1. The molecule has 6 heteroatoms. The van der Waals surface area contributed by atoms with Gasteiger partial charge < -0.3 is 14.8 Å². The molecule has 0 radical (unpaired) electrons. The first-order chi connectivity index (χ1) is 16.2. The van der Waals surface area contributed by atoms with Gasteiger partial charge in [0.05, 0.1) is 5.41 Å². The van der Waals surface area contributed by atoms with Crippen LogP contribution in [-0.2, 0) is 24.5 Å². The van der Waals surface area contributed by atoms with Crippen LogP contribution in [0.2, 0.25) is 0 Å². The number of hydrogen-bond donors (Lipinski definition) is 1. The Morgan fingerprint density at radius 2 is 1.71 bits per heavy atom. The number of anilines is 1. The minimum absolute atomic E-state index is 0.0122. The number of carbonyl (C=O) groups is 2. The molecule has 0 fully saturated rings. The largest absolute Gasteiger partial charge is 0.459 e. The Kier molecular flexibility index (Phi) is 7.84. The predicted molar refractivity (Wildman–Crippen MR) is 135 cm³/mol. The van der Waals surface area contributed by atoms with Crippen LogP contribution >= 0.6 is 0 Å². The topological polar surface area (TPSA) is 67.6 Å². The summed E-state index contributed by atoms with van der Waals surface area (Å²) in [5.41, 5.74) is 5.59. The lowest BCUT2D eigenvalue weighted by molar-refractivity contribution is -0.401. The Bertz CT molecular complexity index is 1190. The summed E-state index contributed by atoms with van der Waals surface area (Å²) in [6.45, 7) is 9.46. The van der Waals surface area contributed by atoms with E-state index in [9.17, 15) is 9.59 Å². The molecule has 1 aliphatic heterocycles. The number of fused-ring (bicyclic) bond motifs is 1. The Morgan fingerprint density at radius 3 is 2.44 bits per heavy atom. The summed E-state index contributed by atoms with van der Waals surface area (Å²) in [6, 6.07) is 16.1. The Balaban J connectivity index is 1.61. The smallest absolute Gasteiger partial charge is 0.333 e. The van der Waals surface area contributed by atoms with Crippen LogP contribution in [0.3, 0.4) is 0 Å². The van der Waals surface area contributed by atoms with Gasteiger partial charge in [0.2, 0.25) is 5.69 Å². The zero-order valence-corrected chi connectivity index (χ0v) is 20.1. The number of nitrogens with one attached hydrogen (secondary N) is 1. The van der Waals surface area contributed by atoms with Gasteiger partial charge in [-0.3, -0.25) is 0 Å². The van der Waals surface area contributed by atoms with Crippen molar-refractivity contribution in [2.45, 2.75) is 26.2 Å². The third kappa shape index (κ3) is 5.70. The van der Waals surface area contributed by atoms with Crippen LogP contribution < -0.4 is 5.32 Å². The van der Waals surface area contributed by atoms with Crippen molar-refractivity contribution in [1.82, 2.24) is 0 Å². The summed E-state index contributed by atoms with van der Waals surface area (Å²) in [6.07, 6.45) is 7.04. The Morgan fingerprint density at radius 1 is 1.03 bits per heavy atom. The van der Waals surface area contributed by atoms with E-state index in [1.165, 1.54) is 23.0 Å². The molecule has 0 saturated carbocycles. The number of ether oxygens (including phenoxy) is 2. The molecule has 176 valence electrons. The number of para-hydroxylation sites is 2. The molecule has 0 unspecified atom stereocenters. The van der Waals surface area contributed by atoms with E-state index in [2.05, 4.69) is 67.7 Å². The molecule has 0 aliphatic carbocycles. The maximum absolute atomic E-state index is 12.0. The van der Waals surface area contributed by atoms with Crippen molar-refractivity contribution >= 4 is 35.1 Å². The van der Waals surface area contributed by atoms with Crippen molar-refractivity contribution in [2.24, 2.45) is 0 Å². The maximum atomic E-state index is 12.0. The standard InChI is InChI=1S/C28H30N2O4/c1-20(2)27(32)34-19-18-33-26(31)15-14-21-10-6-8-12-23(21)29-17-16-25-28(3,4)22-11-7-9-13-24(22)30(25)5/h6-17H,1,18-19H2,2-5H3/p+1/b15-14+. The van der Waals surface area contributed by atoms with Crippen LogP contribution in [0.1, 0.15) is 31.9 Å². The molecule has 1 aliphatic rings. The molecule has 0 bridgehead atoms. The van der Waals surface area contributed by atoms with E-state index in [0.717, 1.165) is 11.3 Å². The lowest BCUT2D eigenvalue weighted by Crippen LogP contribution is -2.26. The highest BCUT2D eigenvalue weighted by Crippen LogP contribution is 2.38. The maximum Gasteiger partial charge on any atom is 0.333 e. The fraction of sp³-hybridized carbons (Fsp3) is 0.250. The van der Waals surface area contributed by atoms with E-state index in [1.807, 2.05) is 30.5 Å². The van der Waals surface area contributed by atoms with Crippen LogP contribution in [0.5, 0.6) is 0 Å². The predicted octanol–water partition coefficient (Wildman–Crippen LogP) is 4.99. The lowest BCUT2D eigenvalue weighted by atomic mass is 9.81. The Hall–Kier alpha value is -3.93. The van der Waals surface area contributed by atoms with Gasteiger partial charge in [-0.05, 0) is 38.5 Å².